The summed E-state index contributed by atoms with van der Waals surface area (Å²) in [6.07, 6.45) is 0.379. The average molecular weight is 253 g/mol. The van der Waals surface area contributed by atoms with Crippen molar-refractivity contribution in [1.29, 1.82) is 0 Å². The number of rotatable bonds is 4. The van der Waals surface area contributed by atoms with Crippen LogP contribution in [0.3, 0.4) is 0 Å². The SMILES string of the molecule is NCC(c1cc(F)cc(F)c1)C(O)c1ccco1. The van der Waals surface area contributed by atoms with Gasteiger partial charge >= 0.3 is 0 Å². The predicted molar refractivity (Wildman–Crippen MR) is 61.8 cm³/mol. The predicted octanol–water partition coefficient (Wildman–Crippen LogP) is 2.33. The van der Waals surface area contributed by atoms with Crippen LogP contribution in [0.1, 0.15) is 23.3 Å². The number of aliphatic hydroxyl groups is 1. The Bertz CT molecular complexity index is 493. The molecule has 1 heterocycles. The summed E-state index contributed by atoms with van der Waals surface area (Å²) >= 11 is 0. The monoisotopic (exact) mass is 253 g/mol. The first-order chi connectivity index (χ1) is 8.61. The van der Waals surface area contributed by atoms with Crippen molar-refractivity contribution in [2.45, 2.75) is 12.0 Å². The Morgan fingerprint density at radius 1 is 1.22 bits per heavy atom. The highest BCUT2D eigenvalue weighted by Crippen LogP contribution is 2.31. The van der Waals surface area contributed by atoms with Gasteiger partial charge in [0.15, 0.2) is 0 Å². The number of hydrogen-bond acceptors (Lipinski definition) is 3. The molecule has 0 radical (unpaired) electrons. The van der Waals surface area contributed by atoms with Crippen molar-refractivity contribution in [3.63, 3.8) is 0 Å². The van der Waals surface area contributed by atoms with Crippen LogP contribution in [0.2, 0.25) is 0 Å². The van der Waals surface area contributed by atoms with Crippen LogP contribution in [0, 0.1) is 11.6 Å². The molecule has 1 aromatic heterocycles. The Balaban J connectivity index is 2.33. The highest BCUT2D eigenvalue weighted by molar-refractivity contribution is 5.25. The number of halogens is 2. The van der Waals surface area contributed by atoms with E-state index in [0.717, 1.165) is 18.2 Å². The topological polar surface area (TPSA) is 59.4 Å². The molecule has 0 bridgehead atoms. The quantitative estimate of drug-likeness (QED) is 0.879. The van der Waals surface area contributed by atoms with E-state index in [2.05, 4.69) is 0 Å². The van der Waals surface area contributed by atoms with E-state index in [-0.39, 0.29) is 6.54 Å². The zero-order chi connectivity index (χ0) is 13.1. The molecule has 2 unspecified atom stereocenters. The minimum absolute atomic E-state index is 0.0464. The van der Waals surface area contributed by atoms with Gasteiger partial charge in [-0.05, 0) is 29.8 Å². The van der Waals surface area contributed by atoms with E-state index in [1.807, 2.05) is 0 Å². The van der Waals surface area contributed by atoms with Gasteiger partial charge in [0.2, 0.25) is 0 Å². The van der Waals surface area contributed by atoms with Crippen molar-refractivity contribution in [1.82, 2.24) is 0 Å². The lowest BCUT2D eigenvalue weighted by Crippen LogP contribution is -2.20. The molecule has 0 amide bonds. The highest BCUT2D eigenvalue weighted by atomic mass is 19.1. The normalized spacial score (nSPS) is 14.4. The number of nitrogens with two attached hydrogens (primary N) is 1. The number of benzene rings is 1. The fourth-order valence-electron chi connectivity index (χ4n) is 1.89. The van der Waals surface area contributed by atoms with Crippen LogP contribution in [0.25, 0.3) is 0 Å². The van der Waals surface area contributed by atoms with E-state index in [9.17, 15) is 13.9 Å². The molecular weight excluding hydrogens is 240 g/mol. The van der Waals surface area contributed by atoms with Crippen molar-refractivity contribution in [2.24, 2.45) is 5.73 Å². The molecule has 5 heteroatoms. The van der Waals surface area contributed by atoms with E-state index < -0.39 is 23.7 Å². The Kier molecular flexibility index (Phi) is 3.74. The summed E-state index contributed by atoms with van der Waals surface area (Å²) in [5.41, 5.74) is 5.87. The van der Waals surface area contributed by atoms with Crippen LogP contribution in [0.5, 0.6) is 0 Å². The molecule has 0 aliphatic carbocycles. The van der Waals surface area contributed by atoms with Crippen LogP contribution in [0.4, 0.5) is 8.78 Å². The molecule has 0 aliphatic rings. The molecule has 0 spiro atoms. The lowest BCUT2D eigenvalue weighted by atomic mass is 9.92. The zero-order valence-corrected chi connectivity index (χ0v) is 9.51. The lowest BCUT2D eigenvalue weighted by molar-refractivity contribution is 0.121. The second-order valence-electron chi connectivity index (χ2n) is 4.01. The van der Waals surface area contributed by atoms with Gasteiger partial charge in [0.05, 0.1) is 6.26 Å². The van der Waals surface area contributed by atoms with Gasteiger partial charge in [-0.3, -0.25) is 0 Å². The van der Waals surface area contributed by atoms with Crippen molar-refractivity contribution in [3.05, 3.63) is 59.6 Å². The highest BCUT2D eigenvalue weighted by Gasteiger charge is 2.24. The van der Waals surface area contributed by atoms with Gasteiger partial charge in [0.1, 0.15) is 23.5 Å². The van der Waals surface area contributed by atoms with Crippen molar-refractivity contribution in [3.8, 4) is 0 Å². The number of aliphatic hydroxyl groups excluding tert-OH is 1. The van der Waals surface area contributed by atoms with E-state index in [1.54, 1.807) is 12.1 Å². The fraction of sp³-hybridized carbons (Fsp3) is 0.231. The molecule has 0 saturated carbocycles. The summed E-state index contributed by atoms with van der Waals surface area (Å²) in [5, 5.41) is 10.1. The van der Waals surface area contributed by atoms with Crippen LogP contribution in [-0.4, -0.2) is 11.7 Å². The maximum Gasteiger partial charge on any atom is 0.132 e. The van der Waals surface area contributed by atoms with E-state index in [4.69, 9.17) is 10.2 Å². The second-order valence-corrected chi connectivity index (χ2v) is 4.01. The van der Waals surface area contributed by atoms with Crippen molar-refractivity contribution in [2.75, 3.05) is 6.54 Å². The van der Waals surface area contributed by atoms with E-state index in [1.165, 1.54) is 6.26 Å². The molecular formula is C13H13F2NO2. The Hall–Kier alpha value is -1.72. The Morgan fingerprint density at radius 2 is 1.89 bits per heavy atom. The fourth-order valence-corrected chi connectivity index (χ4v) is 1.89. The van der Waals surface area contributed by atoms with Crippen LogP contribution in [0.15, 0.2) is 41.0 Å². The minimum atomic E-state index is -1.04. The van der Waals surface area contributed by atoms with Gasteiger partial charge in [0, 0.05) is 18.5 Å². The maximum absolute atomic E-state index is 13.1. The molecule has 0 aliphatic heterocycles. The van der Waals surface area contributed by atoms with E-state index in [0.29, 0.717) is 11.3 Å². The summed E-state index contributed by atoms with van der Waals surface area (Å²) in [5.74, 6) is -1.71. The maximum atomic E-state index is 13.1. The summed E-state index contributed by atoms with van der Waals surface area (Å²) in [6.45, 7) is 0.0464. The molecule has 2 atom stereocenters. The van der Waals surface area contributed by atoms with Crippen LogP contribution in [-0.2, 0) is 0 Å². The Labute approximate surface area is 103 Å². The molecule has 0 fully saturated rings. The van der Waals surface area contributed by atoms with Gasteiger partial charge in [-0.1, -0.05) is 0 Å². The van der Waals surface area contributed by atoms with Gasteiger partial charge in [0.25, 0.3) is 0 Å². The summed E-state index contributed by atoms with van der Waals surface area (Å²) in [4.78, 5) is 0. The van der Waals surface area contributed by atoms with Crippen LogP contribution >= 0.6 is 0 Å². The van der Waals surface area contributed by atoms with Gasteiger partial charge < -0.3 is 15.3 Å². The molecule has 2 aromatic rings. The van der Waals surface area contributed by atoms with Gasteiger partial charge in [-0.15, -0.1) is 0 Å². The second kappa shape index (κ2) is 5.29. The average Bonchev–Trinajstić information content (AvgIpc) is 2.81. The first kappa shape index (κ1) is 12.7. The number of hydrogen-bond donors (Lipinski definition) is 2. The molecule has 2 rings (SSSR count). The standard InChI is InChI=1S/C13H13F2NO2/c14-9-4-8(5-10(15)6-9)11(7-16)13(17)12-2-1-3-18-12/h1-6,11,13,17H,7,16H2. The lowest BCUT2D eigenvalue weighted by Gasteiger charge is -2.20. The molecule has 18 heavy (non-hydrogen) atoms. The van der Waals surface area contributed by atoms with Crippen LogP contribution < -0.4 is 5.73 Å². The zero-order valence-electron chi connectivity index (χ0n) is 9.51. The van der Waals surface area contributed by atoms with Crippen molar-refractivity contribution >= 4 is 0 Å². The third-order valence-corrected chi connectivity index (χ3v) is 2.78. The number of furan rings is 1. The third kappa shape index (κ3) is 2.57. The smallest absolute Gasteiger partial charge is 0.132 e. The van der Waals surface area contributed by atoms with Gasteiger partial charge in [-0.25, -0.2) is 8.78 Å². The molecule has 1 aromatic carbocycles. The first-order valence-corrected chi connectivity index (χ1v) is 5.49. The molecule has 96 valence electrons. The minimum Gasteiger partial charge on any atom is -0.467 e. The largest absolute Gasteiger partial charge is 0.467 e. The van der Waals surface area contributed by atoms with Crippen molar-refractivity contribution < 1.29 is 18.3 Å². The first-order valence-electron chi connectivity index (χ1n) is 5.49. The molecule has 0 saturated heterocycles. The van der Waals surface area contributed by atoms with E-state index >= 15 is 0 Å². The summed E-state index contributed by atoms with van der Waals surface area (Å²) < 4.78 is 31.4. The Morgan fingerprint density at radius 3 is 2.39 bits per heavy atom. The molecule has 3 nitrogen and oxygen atoms in total. The summed E-state index contributed by atoms with van der Waals surface area (Å²) in [7, 11) is 0. The molecule has 3 N–H and O–H groups in total. The summed E-state index contributed by atoms with van der Waals surface area (Å²) in [6, 6.07) is 6.30. The third-order valence-electron chi connectivity index (χ3n) is 2.78. The van der Waals surface area contributed by atoms with Gasteiger partial charge in [-0.2, -0.15) is 0 Å².